The molecule has 1 N–H and O–H groups in total. The Morgan fingerprint density at radius 3 is 2.22 bits per heavy atom. The standard InChI is InChI=1S/C13H9Br2Cl2N/c14-11-5-10(17)6-12(15)13(11)18-7-8-2-1-3-9(16)4-8/h1-6,18H,7H2. The lowest BCUT2D eigenvalue weighted by Gasteiger charge is -2.11. The highest BCUT2D eigenvalue weighted by molar-refractivity contribution is 9.11. The Morgan fingerprint density at radius 2 is 1.61 bits per heavy atom. The van der Waals surface area contributed by atoms with Crippen molar-refractivity contribution in [2.45, 2.75) is 6.54 Å². The van der Waals surface area contributed by atoms with Gasteiger partial charge in [0.2, 0.25) is 0 Å². The first-order valence-corrected chi connectivity index (χ1v) is 7.53. The zero-order valence-electron chi connectivity index (χ0n) is 9.18. The Balaban J connectivity index is 2.16. The molecule has 2 aromatic carbocycles. The van der Waals surface area contributed by atoms with E-state index in [4.69, 9.17) is 23.2 Å². The Kier molecular flexibility index (Phi) is 4.96. The SMILES string of the molecule is Clc1cccc(CNc2c(Br)cc(Cl)cc2Br)c1. The summed E-state index contributed by atoms with van der Waals surface area (Å²) in [4.78, 5) is 0. The van der Waals surface area contributed by atoms with Gasteiger partial charge in [-0.15, -0.1) is 0 Å². The average Bonchev–Trinajstić information content (AvgIpc) is 2.27. The topological polar surface area (TPSA) is 12.0 Å². The Morgan fingerprint density at radius 1 is 0.944 bits per heavy atom. The van der Waals surface area contributed by atoms with Crippen LogP contribution in [0.5, 0.6) is 0 Å². The van der Waals surface area contributed by atoms with Gasteiger partial charge in [-0.25, -0.2) is 0 Å². The normalized spacial score (nSPS) is 10.4. The van der Waals surface area contributed by atoms with Crippen molar-refractivity contribution >= 4 is 60.7 Å². The molecule has 0 radical (unpaired) electrons. The van der Waals surface area contributed by atoms with Crippen LogP contribution in [-0.2, 0) is 6.54 Å². The molecule has 5 heteroatoms. The van der Waals surface area contributed by atoms with Crippen molar-refractivity contribution < 1.29 is 0 Å². The largest absolute Gasteiger partial charge is 0.379 e. The number of nitrogens with one attached hydrogen (secondary N) is 1. The fourth-order valence-electron chi connectivity index (χ4n) is 1.55. The number of hydrogen-bond acceptors (Lipinski definition) is 1. The summed E-state index contributed by atoms with van der Waals surface area (Å²) < 4.78 is 1.84. The molecule has 0 bridgehead atoms. The van der Waals surface area contributed by atoms with Crippen molar-refractivity contribution in [3.8, 4) is 0 Å². The quantitative estimate of drug-likeness (QED) is 0.642. The molecule has 0 saturated carbocycles. The molecule has 94 valence electrons. The van der Waals surface area contributed by atoms with Gasteiger partial charge in [-0.2, -0.15) is 0 Å². The summed E-state index contributed by atoms with van der Waals surface area (Å²) in [5.74, 6) is 0. The Bertz CT molecular complexity index is 550. The van der Waals surface area contributed by atoms with Gasteiger partial charge in [0, 0.05) is 25.5 Å². The van der Waals surface area contributed by atoms with E-state index >= 15 is 0 Å². The zero-order chi connectivity index (χ0) is 13.1. The third-order valence-electron chi connectivity index (χ3n) is 2.37. The molecule has 2 aromatic rings. The number of anilines is 1. The molecule has 0 spiro atoms. The van der Waals surface area contributed by atoms with Gasteiger partial charge in [-0.05, 0) is 61.7 Å². The highest BCUT2D eigenvalue weighted by Gasteiger charge is 2.06. The third kappa shape index (κ3) is 3.64. The molecule has 0 aliphatic carbocycles. The van der Waals surface area contributed by atoms with E-state index in [0.29, 0.717) is 11.6 Å². The Hall–Kier alpha value is -0.220. The third-order valence-corrected chi connectivity index (χ3v) is 4.07. The van der Waals surface area contributed by atoms with E-state index in [1.54, 1.807) is 0 Å². The lowest BCUT2D eigenvalue weighted by atomic mass is 10.2. The van der Waals surface area contributed by atoms with Gasteiger partial charge in [0.05, 0.1) is 5.69 Å². The second-order valence-electron chi connectivity index (χ2n) is 3.73. The van der Waals surface area contributed by atoms with Crippen molar-refractivity contribution in [2.75, 3.05) is 5.32 Å². The van der Waals surface area contributed by atoms with Gasteiger partial charge < -0.3 is 5.32 Å². The van der Waals surface area contributed by atoms with E-state index in [9.17, 15) is 0 Å². The molecule has 0 unspecified atom stereocenters. The minimum absolute atomic E-state index is 0.682. The summed E-state index contributed by atoms with van der Waals surface area (Å²) >= 11 is 18.9. The van der Waals surface area contributed by atoms with Gasteiger partial charge >= 0.3 is 0 Å². The molecular weight excluding hydrogens is 401 g/mol. The fraction of sp³-hybridized carbons (Fsp3) is 0.0769. The molecule has 0 saturated heterocycles. The molecule has 0 heterocycles. The summed E-state index contributed by atoms with van der Waals surface area (Å²) in [7, 11) is 0. The maximum atomic E-state index is 5.95. The van der Waals surface area contributed by atoms with Gasteiger partial charge in [0.1, 0.15) is 0 Å². The van der Waals surface area contributed by atoms with Crippen LogP contribution in [0.4, 0.5) is 5.69 Å². The van der Waals surface area contributed by atoms with Crippen LogP contribution in [-0.4, -0.2) is 0 Å². The van der Waals surface area contributed by atoms with Gasteiger partial charge in [-0.1, -0.05) is 35.3 Å². The van der Waals surface area contributed by atoms with E-state index in [2.05, 4.69) is 37.2 Å². The lowest BCUT2D eigenvalue weighted by Crippen LogP contribution is -2.00. The first-order chi connectivity index (χ1) is 8.56. The predicted molar refractivity (Wildman–Crippen MR) is 85.6 cm³/mol. The van der Waals surface area contributed by atoms with Crippen molar-refractivity contribution in [1.82, 2.24) is 0 Å². The van der Waals surface area contributed by atoms with E-state index in [-0.39, 0.29) is 0 Å². The molecule has 18 heavy (non-hydrogen) atoms. The highest BCUT2D eigenvalue weighted by Crippen LogP contribution is 2.34. The van der Waals surface area contributed by atoms with Crippen molar-refractivity contribution in [2.24, 2.45) is 0 Å². The van der Waals surface area contributed by atoms with E-state index in [1.807, 2.05) is 36.4 Å². The molecule has 0 amide bonds. The van der Waals surface area contributed by atoms with Crippen LogP contribution in [0.2, 0.25) is 10.0 Å². The minimum Gasteiger partial charge on any atom is -0.379 e. The van der Waals surface area contributed by atoms with Crippen molar-refractivity contribution in [3.05, 3.63) is 61.0 Å². The maximum Gasteiger partial charge on any atom is 0.0632 e. The molecular formula is C13H9Br2Cl2N. The van der Waals surface area contributed by atoms with Crippen molar-refractivity contribution in [1.29, 1.82) is 0 Å². The second-order valence-corrected chi connectivity index (χ2v) is 6.31. The monoisotopic (exact) mass is 407 g/mol. The van der Waals surface area contributed by atoms with Crippen LogP contribution in [0.25, 0.3) is 0 Å². The second kappa shape index (κ2) is 6.29. The minimum atomic E-state index is 0.682. The van der Waals surface area contributed by atoms with Crippen LogP contribution in [0, 0.1) is 0 Å². The van der Waals surface area contributed by atoms with Gasteiger partial charge in [-0.3, -0.25) is 0 Å². The number of rotatable bonds is 3. The molecule has 0 aliphatic rings. The lowest BCUT2D eigenvalue weighted by molar-refractivity contribution is 1.14. The van der Waals surface area contributed by atoms with Crippen LogP contribution < -0.4 is 5.32 Å². The number of halogens is 4. The zero-order valence-corrected chi connectivity index (χ0v) is 13.9. The summed E-state index contributed by atoms with van der Waals surface area (Å²) in [6.45, 7) is 0.694. The average molecular weight is 410 g/mol. The van der Waals surface area contributed by atoms with E-state index in [1.165, 1.54) is 0 Å². The Labute approximate surface area is 133 Å². The number of benzene rings is 2. The van der Waals surface area contributed by atoms with Gasteiger partial charge in [0.25, 0.3) is 0 Å². The van der Waals surface area contributed by atoms with Crippen molar-refractivity contribution in [3.63, 3.8) is 0 Å². The first kappa shape index (κ1) is 14.2. The van der Waals surface area contributed by atoms with E-state index in [0.717, 1.165) is 25.2 Å². The van der Waals surface area contributed by atoms with Crippen LogP contribution in [0.1, 0.15) is 5.56 Å². The summed E-state index contributed by atoms with van der Waals surface area (Å²) in [6, 6.07) is 11.5. The molecule has 1 nitrogen and oxygen atoms in total. The summed E-state index contributed by atoms with van der Waals surface area (Å²) in [5, 5.41) is 4.76. The first-order valence-electron chi connectivity index (χ1n) is 5.19. The molecule has 0 aromatic heterocycles. The maximum absolute atomic E-state index is 5.95. The van der Waals surface area contributed by atoms with E-state index < -0.39 is 0 Å². The van der Waals surface area contributed by atoms with Gasteiger partial charge in [0.15, 0.2) is 0 Å². The summed E-state index contributed by atoms with van der Waals surface area (Å²) in [6.07, 6.45) is 0. The smallest absolute Gasteiger partial charge is 0.0632 e. The molecule has 2 rings (SSSR count). The molecule has 0 atom stereocenters. The molecule has 0 fully saturated rings. The fourth-order valence-corrected chi connectivity index (χ4v) is 3.71. The van der Waals surface area contributed by atoms with Crippen LogP contribution in [0.15, 0.2) is 45.3 Å². The van der Waals surface area contributed by atoms with Crippen LogP contribution in [0.3, 0.4) is 0 Å². The predicted octanol–water partition coefficient (Wildman–Crippen LogP) is 6.13. The molecule has 0 aliphatic heterocycles. The van der Waals surface area contributed by atoms with Crippen LogP contribution >= 0.6 is 55.1 Å². The number of hydrogen-bond donors (Lipinski definition) is 1. The highest BCUT2D eigenvalue weighted by atomic mass is 79.9. The summed E-state index contributed by atoms with van der Waals surface area (Å²) in [5.41, 5.74) is 2.09.